The molecule has 9 nitrogen and oxygen atoms in total. The summed E-state index contributed by atoms with van der Waals surface area (Å²) >= 11 is 0. The smallest absolute Gasteiger partial charge is 0.475 e. The van der Waals surface area contributed by atoms with E-state index in [9.17, 15) is 26.7 Å². The van der Waals surface area contributed by atoms with Crippen LogP contribution in [0.4, 0.5) is 44.1 Å². The number of urea groups is 1. The molecule has 1 aromatic heterocycles. The second-order valence-corrected chi connectivity index (χ2v) is 8.31. The number of nitrogens with zero attached hydrogens (tertiary/aromatic N) is 3. The fraction of sp³-hybridized carbons (Fsp3) is 0.455. The van der Waals surface area contributed by atoms with Gasteiger partial charge in [-0.2, -0.15) is 13.2 Å². The number of carbonyl (C=O) groups excluding carboxylic acids is 1. The number of aryl methyl sites for hydroxylation is 1. The lowest BCUT2D eigenvalue weighted by molar-refractivity contribution is -0.192. The Labute approximate surface area is 204 Å². The van der Waals surface area contributed by atoms with Gasteiger partial charge in [-0.15, -0.1) is 0 Å². The zero-order valence-electron chi connectivity index (χ0n) is 19.8. The van der Waals surface area contributed by atoms with Gasteiger partial charge < -0.3 is 26.0 Å². The molecule has 3 rings (SSSR count). The number of hydrogen-bond donors (Lipinski definition) is 4. The molecule has 2 aromatic rings. The Kier molecular flexibility index (Phi) is 9.76. The first-order valence-electron chi connectivity index (χ1n) is 10.9. The summed E-state index contributed by atoms with van der Waals surface area (Å²) in [5.74, 6) is -1.87. The zero-order valence-corrected chi connectivity index (χ0v) is 19.8. The number of anilines is 3. The zero-order chi connectivity index (χ0) is 27.0. The number of benzene rings is 1. The topological polar surface area (TPSA) is 119 Å². The molecule has 1 heterocycles. The van der Waals surface area contributed by atoms with Crippen LogP contribution in [-0.4, -0.2) is 59.4 Å². The molecular formula is C22H27F5N6O3. The number of rotatable bonds is 5. The Morgan fingerprint density at radius 1 is 0.972 bits per heavy atom. The van der Waals surface area contributed by atoms with Crippen molar-refractivity contribution in [1.82, 2.24) is 15.3 Å². The van der Waals surface area contributed by atoms with Gasteiger partial charge in [-0.25, -0.2) is 28.3 Å². The molecule has 0 bridgehead atoms. The Morgan fingerprint density at radius 2 is 1.50 bits per heavy atom. The van der Waals surface area contributed by atoms with Gasteiger partial charge in [0.15, 0.2) is 0 Å². The molecule has 1 saturated carbocycles. The molecule has 0 aliphatic heterocycles. The molecule has 0 radical (unpaired) electrons. The Balaban J connectivity index is 0.000000572. The number of alkyl halides is 3. The van der Waals surface area contributed by atoms with E-state index < -0.39 is 29.8 Å². The van der Waals surface area contributed by atoms with E-state index in [1.807, 2.05) is 32.0 Å². The lowest BCUT2D eigenvalue weighted by Gasteiger charge is -2.30. The Bertz CT molecular complexity index is 1040. The summed E-state index contributed by atoms with van der Waals surface area (Å²) in [5, 5.41) is 15.9. The predicted octanol–water partition coefficient (Wildman–Crippen LogP) is 4.31. The maximum Gasteiger partial charge on any atom is 0.490 e. The summed E-state index contributed by atoms with van der Waals surface area (Å²) in [6.07, 6.45) is -1.74. The minimum Gasteiger partial charge on any atom is -0.475 e. The van der Waals surface area contributed by atoms with E-state index in [0.717, 1.165) is 55.5 Å². The second-order valence-electron chi connectivity index (χ2n) is 8.31. The monoisotopic (exact) mass is 518 g/mol. The fourth-order valence-electron chi connectivity index (χ4n) is 3.42. The van der Waals surface area contributed by atoms with E-state index in [-0.39, 0.29) is 17.8 Å². The molecule has 2 amide bonds. The summed E-state index contributed by atoms with van der Waals surface area (Å²) < 4.78 is 58.2. The Morgan fingerprint density at radius 3 is 2.00 bits per heavy atom. The van der Waals surface area contributed by atoms with Crippen LogP contribution in [0.2, 0.25) is 0 Å². The van der Waals surface area contributed by atoms with Crippen LogP contribution in [0.5, 0.6) is 0 Å². The fourth-order valence-corrected chi connectivity index (χ4v) is 3.42. The van der Waals surface area contributed by atoms with Gasteiger partial charge in [-0.1, -0.05) is 0 Å². The van der Waals surface area contributed by atoms with Gasteiger partial charge in [-0.05, 0) is 44.7 Å². The molecule has 14 heteroatoms. The van der Waals surface area contributed by atoms with E-state index in [1.54, 1.807) is 0 Å². The number of amides is 2. The van der Waals surface area contributed by atoms with Crippen molar-refractivity contribution in [3.63, 3.8) is 0 Å². The van der Waals surface area contributed by atoms with Crippen molar-refractivity contribution < 1.29 is 36.6 Å². The highest BCUT2D eigenvalue weighted by Crippen LogP contribution is 2.23. The van der Waals surface area contributed by atoms with Gasteiger partial charge in [0.25, 0.3) is 0 Å². The van der Waals surface area contributed by atoms with E-state index >= 15 is 0 Å². The van der Waals surface area contributed by atoms with Crippen molar-refractivity contribution in [3.8, 4) is 0 Å². The molecule has 0 spiro atoms. The van der Waals surface area contributed by atoms with Gasteiger partial charge in [0.05, 0.1) is 0 Å². The van der Waals surface area contributed by atoms with E-state index in [2.05, 4.69) is 25.9 Å². The van der Waals surface area contributed by atoms with E-state index in [0.29, 0.717) is 5.82 Å². The third kappa shape index (κ3) is 9.50. The number of aromatic nitrogens is 2. The maximum atomic E-state index is 13.2. The summed E-state index contributed by atoms with van der Waals surface area (Å²) in [6, 6.07) is 4.65. The Hall–Kier alpha value is -3.71. The molecule has 0 saturated heterocycles. The molecule has 0 unspecified atom stereocenters. The molecular weight excluding hydrogens is 491 g/mol. The summed E-state index contributed by atoms with van der Waals surface area (Å²) in [5.41, 5.74) is 0.0891. The first-order valence-corrected chi connectivity index (χ1v) is 10.9. The van der Waals surface area contributed by atoms with Crippen LogP contribution in [0, 0.1) is 18.6 Å². The van der Waals surface area contributed by atoms with Crippen LogP contribution in [-0.2, 0) is 4.79 Å². The minimum absolute atomic E-state index is 0.0101. The second kappa shape index (κ2) is 12.3. The average Bonchev–Trinajstić information content (AvgIpc) is 2.73. The largest absolute Gasteiger partial charge is 0.490 e. The number of halogens is 5. The standard InChI is InChI=1S/C20H26F2N6O.C2HF3O2/c1-12-23-18(11-19(24-12)28(2)3)25-15-4-6-16(7-5-15)26-20(29)27-17-9-13(21)8-14(22)10-17;3-2(4,5)1(6)7/h8-11,15-16H,4-7H2,1-3H3,(H,23,24,25)(H2,26,27,29);(H,6,7). The van der Waals surface area contributed by atoms with Gasteiger partial charge >= 0.3 is 18.2 Å². The van der Waals surface area contributed by atoms with Crippen molar-refractivity contribution in [2.75, 3.05) is 29.6 Å². The van der Waals surface area contributed by atoms with Gasteiger partial charge in [0.1, 0.15) is 29.1 Å². The predicted molar refractivity (Wildman–Crippen MR) is 123 cm³/mol. The molecule has 4 N–H and O–H groups in total. The van der Waals surface area contributed by atoms with E-state index in [1.165, 1.54) is 0 Å². The van der Waals surface area contributed by atoms with Crippen molar-refractivity contribution in [1.29, 1.82) is 0 Å². The van der Waals surface area contributed by atoms with Crippen molar-refractivity contribution in [2.45, 2.75) is 50.9 Å². The third-order valence-corrected chi connectivity index (χ3v) is 5.06. The molecule has 0 atom stereocenters. The number of carboxylic acid groups (broad SMARTS) is 1. The van der Waals surface area contributed by atoms with Crippen LogP contribution in [0.3, 0.4) is 0 Å². The summed E-state index contributed by atoms with van der Waals surface area (Å²) in [4.78, 5) is 31.8. The molecule has 1 aliphatic rings. The number of hydrogen-bond acceptors (Lipinski definition) is 6. The van der Waals surface area contributed by atoms with Crippen LogP contribution in [0.1, 0.15) is 31.5 Å². The molecule has 1 fully saturated rings. The number of carboxylic acids is 1. The number of aliphatic carboxylic acids is 1. The summed E-state index contributed by atoms with van der Waals surface area (Å²) in [6.45, 7) is 1.86. The highest BCUT2D eigenvalue weighted by atomic mass is 19.4. The lowest BCUT2D eigenvalue weighted by Crippen LogP contribution is -2.42. The number of nitrogens with one attached hydrogen (secondary N) is 3. The average molecular weight is 518 g/mol. The van der Waals surface area contributed by atoms with Crippen LogP contribution >= 0.6 is 0 Å². The van der Waals surface area contributed by atoms with Crippen molar-refractivity contribution in [3.05, 3.63) is 41.7 Å². The minimum atomic E-state index is -5.08. The van der Waals surface area contributed by atoms with Gasteiger partial charge in [-0.3, -0.25) is 0 Å². The number of carbonyl (C=O) groups is 2. The summed E-state index contributed by atoms with van der Waals surface area (Å²) in [7, 11) is 3.87. The van der Waals surface area contributed by atoms with Gasteiger partial charge in [0, 0.05) is 44.0 Å². The molecule has 36 heavy (non-hydrogen) atoms. The van der Waals surface area contributed by atoms with Crippen LogP contribution < -0.4 is 20.9 Å². The first kappa shape index (κ1) is 28.5. The quantitative estimate of drug-likeness (QED) is 0.436. The maximum absolute atomic E-state index is 13.2. The normalized spacial score (nSPS) is 17.3. The van der Waals surface area contributed by atoms with Gasteiger partial charge in [0.2, 0.25) is 0 Å². The van der Waals surface area contributed by atoms with Crippen LogP contribution in [0.15, 0.2) is 24.3 Å². The molecule has 198 valence electrons. The van der Waals surface area contributed by atoms with Crippen LogP contribution in [0.25, 0.3) is 0 Å². The third-order valence-electron chi connectivity index (χ3n) is 5.06. The lowest BCUT2D eigenvalue weighted by atomic mass is 9.91. The SMILES string of the molecule is Cc1nc(NC2CCC(NC(=O)Nc3cc(F)cc(F)c3)CC2)cc(N(C)C)n1.O=C(O)C(F)(F)F. The van der Waals surface area contributed by atoms with Crippen molar-refractivity contribution in [2.24, 2.45) is 0 Å². The molecule has 1 aliphatic carbocycles. The van der Waals surface area contributed by atoms with Crippen molar-refractivity contribution >= 4 is 29.3 Å². The highest BCUT2D eigenvalue weighted by molar-refractivity contribution is 5.89. The molecule has 1 aromatic carbocycles. The highest BCUT2D eigenvalue weighted by Gasteiger charge is 2.38. The first-order chi connectivity index (χ1) is 16.7. The van der Waals surface area contributed by atoms with E-state index in [4.69, 9.17) is 9.90 Å².